The number of carboxylic acids is 1. The second-order valence-electron chi connectivity index (χ2n) is 6.57. The lowest BCUT2D eigenvalue weighted by atomic mass is 10.0. The molecule has 0 aliphatic heterocycles. The Morgan fingerprint density at radius 2 is 1.67 bits per heavy atom. The predicted molar refractivity (Wildman–Crippen MR) is 115 cm³/mol. The first-order valence-corrected chi connectivity index (χ1v) is 9.80. The van der Waals surface area contributed by atoms with Crippen molar-refractivity contribution in [2.75, 3.05) is 12.3 Å². The van der Waals surface area contributed by atoms with Crippen LogP contribution in [0.4, 0.5) is 0 Å². The van der Waals surface area contributed by atoms with Gasteiger partial charge in [0, 0.05) is 18.7 Å². The molecule has 166 valence electrons. The van der Waals surface area contributed by atoms with Gasteiger partial charge in [-0.15, -0.1) is 0 Å². The van der Waals surface area contributed by atoms with Crippen LogP contribution >= 0.6 is 12.6 Å². The van der Waals surface area contributed by atoms with Crippen molar-refractivity contribution in [3.8, 4) is 5.75 Å². The van der Waals surface area contributed by atoms with Gasteiger partial charge in [-0.05, 0) is 30.5 Å². The number of aliphatic imine (C=N–C) groups is 1. The number of phenolic OH excluding ortho intramolecular Hbond substituents is 1. The van der Waals surface area contributed by atoms with Crippen LogP contribution in [0.15, 0.2) is 29.3 Å². The van der Waals surface area contributed by atoms with E-state index in [-0.39, 0.29) is 30.3 Å². The molecule has 0 fully saturated rings. The molecule has 10 N–H and O–H groups in total. The minimum absolute atomic E-state index is 0.0487. The maximum atomic E-state index is 12.6. The van der Waals surface area contributed by atoms with Gasteiger partial charge in [0.2, 0.25) is 11.8 Å². The van der Waals surface area contributed by atoms with Gasteiger partial charge in [0.05, 0.1) is 6.04 Å². The number of carbonyl (C=O) groups is 3. The van der Waals surface area contributed by atoms with E-state index in [9.17, 15) is 19.5 Å². The van der Waals surface area contributed by atoms with Crippen LogP contribution in [0, 0.1) is 0 Å². The van der Waals surface area contributed by atoms with Crippen LogP contribution in [0.5, 0.6) is 5.75 Å². The number of nitrogens with zero attached hydrogens (tertiary/aromatic N) is 1. The number of benzene rings is 1. The van der Waals surface area contributed by atoms with Gasteiger partial charge >= 0.3 is 5.97 Å². The number of phenols is 1. The standard InChI is InChI=1S/C18H28N6O5S/c19-12(2-1-7-22-18(20)21)15(26)23-13(8-10-3-5-11(25)6-4-10)16(27)24-14(9-30)17(28)29/h3-6,12-14,25,30H,1-2,7-9,19H2,(H,23,26)(H,24,27)(H,28,29)(H4,20,21,22)/t12-,13-,14-/m0/s1. The molecule has 1 rings (SSSR count). The molecule has 0 radical (unpaired) electrons. The van der Waals surface area contributed by atoms with E-state index in [4.69, 9.17) is 22.3 Å². The second-order valence-corrected chi connectivity index (χ2v) is 6.93. The molecular weight excluding hydrogens is 412 g/mol. The van der Waals surface area contributed by atoms with Gasteiger partial charge in [-0.1, -0.05) is 12.1 Å². The average molecular weight is 441 g/mol. The monoisotopic (exact) mass is 440 g/mol. The highest BCUT2D eigenvalue weighted by Crippen LogP contribution is 2.12. The normalized spacial score (nSPS) is 13.5. The lowest BCUT2D eigenvalue weighted by Crippen LogP contribution is -2.55. The van der Waals surface area contributed by atoms with Crippen LogP contribution in [0.25, 0.3) is 0 Å². The zero-order chi connectivity index (χ0) is 22.7. The lowest BCUT2D eigenvalue weighted by Gasteiger charge is -2.22. The molecule has 1 aromatic rings. The summed E-state index contributed by atoms with van der Waals surface area (Å²) in [7, 11) is 0. The SMILES string of the molecule is NC(N)=NCCC[C@H](N)C(=O)N[C@@H](Cc1ccc(O)cc1)C(=O)N[C@@H](CS)C(=O)O. The van der Waals surface area contributed by atoms with Gasteiger partial charge in [0.1, 0.15) is 17.8 Å². The summed E-state index contributed by atoms with van der Waals surface area (Å²) in [6, 6.07) is 2.86. The van der Waals surface area contributed by atoms with Crippen LogP contribution < -0.4 is 27.8 Å². The van der Waals surface area contributed by atoms with Crippen molar-refractivity contribution in [2.45, 2.75) is 37.4 Å². The van der Waals surface area contributed by atoms with E-state index < -0.39 is 35.9 Å². The zero-order valence-electron chi connectivity index (χ0n) is 16.3. The minimum atomic E-state index is -1.25. The largest absolute Gasteiger partial charge is 0.508 e. The molecule has 0 spiro atoms. The topological polar surface area (TPSA) is 206 Å². The number of nitrogens with two attached hydrogens (primary N) is 3. The summed E-state index contributed by atoms with van der Waals surface area (Å²) in [4.78, 5) is 40.1. The number of amides is 2. The third-order valence-electron chi connectivity index (χ3n) is 4.11. The Morgan fingerprint density at radius 1 is 1.07 bits per heavy atom. The number of hydrogen-bond acceptors (Lipinski definition) is 7. The average Bonchev–Trinajstić information content (AvgIpc) is 2.69. The molecule has 12 heteroatoms. The summed E-state index contributed by atoms with van der Waals surface area (Å²) in [6.45, 7) is 0.309. The summed E-state index contributed by atoms with van der Waals surface area (Å²) in [5.41, 5.74) is 17.0. The van der Waals surface area contributed by atoms with E-state index in [1.165, 1.54) is 12.1 Å². The number of aliphatic carboxylic acids is 1. The van der Waals surface area contributed by atoms with Gasteiger partial charge < -0.3 is 38.0 Å². The Bertz CT molecular complexity index is 754. The number of thiol groups is 1. The van der Waals surface area contributed by atoms with Crippen LogP contribution in [0.3, 0.4) is 0 Å². The van der Waals surface area contributed by atoms with E-state index in [1.54, 1.807) is 12.1 Å². The molecule has 0 heterocycles. The Morgan fingerprint density at radius 3 is 2.20 bits per heavy atom. The van der Waals surface area contributed by atoms with Crippen molar-refractivity contribution in [3.05, 3.63) is 29.8 Å². The molecule has 11 nitrogen and oxygen atoms in total. The fourth-order valence-corrected chi connectivity index (χ4v) is 2.71. The van der Waals surface area contributed by atoms with Crippen molar-refractivity contribution in [3.63, 3.8) is 0 Å². The highest BCUT2D eigenvalue weighted by Gasteiger charge is 2.27. The molecule has 0 bridgehead atoms. The Kier molecular flexibility index (Phi) is 10.5. The highest BCUT2D eigenvalue weighted by molar-refractivity contribution is 7.80. The van der Waals surface area contributed by atoms with E-state index in [0.717, 1.165) is 0 Å². The third kappa shape index (κ3) is 9.01. The molecule has 0 aliphatic rings. The molecule has 0 saturated carbocycles. The summed E-state index contributed by atoms with van der Waals surface area (Å²) in [5.74, 6) is -2.64. The summed E-state index contributed by atoms with van der Waals surface area (Å²) in [6.07, 6.45) is 0.810. The van der Waals surface area contributed by atoms with Gasteiger partial charge in [0.25, 0.3) is 0 Å². The fourth-order valence-electron chi connectivity index (χ4n) is 2.46. The highest BCUT2D eigenvalue weighted by atomic mass is 32.1. The van der Waals surface area contributed by atoms with E-state index in [1.807, 2.05) is 0 Å². The number of guanidine groups is 1. The Balaban J connectivity index is 2.84. The fraction of sp³-hybridized carbons (Fsp3) is 0.444. The smallest absolute Gasteiger partial charge is 0.327 e. The number of aromatic hydroxyl groups is 1. The maximum absolute atomic E-state index is 12.6. The quantitative estimate of drug-likeness (QED) is 0.0811. The second kappa shape index (κ2) is 12.5. The van der Waals surface area contributed by atoms with E-state index >= 15 is 0 Å². The molecule has 2 amide bonds. The Labute approximate surface area is 179 Å². The van der Waals surface area contributed by atoms with Crippen molar-refractivity contribution in [1.82, 2.24) is 10.6 Å². The van der Waals surface area contributed by atoms with Crippen LogP contribution in [-0.4, -0.2) is 64.4 Å². The number of carboxylic acid groups (broad SMARTS) is 1. The molecule has 30 heavy (non-hydrogen) atoms. The number of carbonyl (C=O) groups excluding carboxylic acids is 2. The molecule has 0 aromatic heterocycles. The summed E-state index contributed by atoms with van der Waals surface area (Å²) in [5, 5.41) is 23.4. The molecule has 0 unspecified atom stereocenters. The van der Waals surface area contributed by atoms with Crippen LogP contribution in [-0.2, 0) is 20.8 Å². The third-order valence-corrected chi connectivity index (χ3v) is 4.48. The van der Waals surface area contributed by atoms with Crippen LogP contribution in [0.2, 0.25) is 0 Å². The van der Waals surface area contributed by atoms with Crippen molar-refractivity contribution in [2.24, 2.45) is 22.2 Å². The van der Waals surface area contributed by atoms with Gasteiger partial charge in [-0.3, -0.25) is 14.6 Å². The molecule has 3 atom stereocenters. The first-order chi connectivity index (χ1) is 14.1. The predicted octanol–water partition coefficient (Wildman–Crippen LogP) is -1.70. The zero-order valence-corrected chi connectivity index (χ0v) is 17.2. The molecule has 1 aromatic carbocycles. The van der Waals surface area contributed by atoms with Crippen LogP contribution in [0.1, 0.15) is 18.4 Å². The Hall–Kier alpha value is -2.99. The number of nitrogens with one attached hydrogen (secondary N) is 2. The maximum Gasteiger partial charge on any atom is 0.327 e. The van der Waals surface area contributed by atoms with Gasteiger partial charge in [-0.25, -0.2) is 4.79 Å². The van der Waals surface area contributed by atoms with Crippen molar-refractivity contribution in [1.29, 1.82) is 0 Å². The van der Waals surface area contributed by atoms with Gasteiger partial charge in [-0.2, -0.15) is 12.6 Å². The first kappa shape index (κ1) is 25.0. The van der Waals surface area contributed by atoms with Gasteiger partial charge in [0.15, 0.2) is 5.96 Å². The summed E-state index contributed by atoms with van der Waals surface area (Å²) < 4.78 is 0. The minimum Gasteiger partial charge on any atom is -0.508 e. The number of hydrogen-bond donors (Lipinski definition) is 8. The molecule has 0 aliphatic carbocycles. The summed E-state index contributed by atoms with van der Waals surface area (Å²) >= 11 is 3.91. The van der Waals surface area contributed by atoms with Crippen molar-refractivity contribution < 1.29 is 24.6 Å². The lowest BCUT2D eigenvalue weighted by molar-refractivity contribution is -0.141. The molecule has 0 saturated heterocycles. The van der Waals surface area contributed by atoms with E-state index in [0.29, 0.717) is 18.5 Å². The van der Waals surface area contributed by atoms with Crippen molar-refractivity contribution >= 4 is 36.4 Å². The first-order valence-electron chi connectivity index (χ1n) is 9.17. The van der Waals surface area contributed by atoms with E-state index in [2.05, 4.69) is 28.3 Å². The number of rotatable bonds is 12. The molecular formula is C18H28N6O5S.